The lowest BCUT2D eigenvalue weighted by Crippen LogP contribution is -2.02. The summed E-state index contributed by atoms with van der Waals surface area (Å²) >= 11 is 0. The molecule has 1 aromatic carbocycles. The zero-order chi connectivity index (χ0) is 13.1. The topological polar surface area (TPSA) is 68.8 Å². The van der Waals surface area contributed by atoms with Gasteiger partial charge in [0.1, 0.15) is 6.33 Å². The second-order valence-electron chi connectivity index (χ2n) is 4.05. The fourth-order valence-corrected chi connectivity index (χ4v) is 1.82. The van der Waals surface area contributed by atoms with E-state index < -0.39 is 0 Å². The number of aliphatic hydroxyl groups is 1. The lowest BCUT2D eigenvalue weighted by molar-refractivity contribution is 0.269. The van der Waals surface area contributed by atoms with Gasteiger partial charge in [0.15, 0.2) is 5.82 Å². The van der Waals surface area contributed by atoms with E-state index in [2.05, 4.69) is 15.2 Å². The molecular formula is C13H13N5O. The van der Waals surface area contributed by atoms with Crippen molar-refractivity contribution >= 4 is 0 Å². The maximum atomic E-state index is 8.84. The van der Waals surface area contributed by atoms with Gasteiger partial charge in [-0.2, -0.15) is 10.2 Å². The van der Waals surface area contributed by atoms with Crippen molar-refractivity contribution in [1.82, 2.24) is 24.5 Å². The molecule has 2 heterocycles. The first kappa shape index (κ1) is 11.6. The van der Waals surface area contributed by atoms with Gasteiger partial charge in [0.25, 0.3) is 0 Å². The van der Waals surface area contributed by atoms with Crippen molar-refractivity contribution in [2.75, 3.05) is 6.61 Å². The Morgan fingerprint density at radius 1 is 1.16 bits per heavy atom. The third-order valence-electron chi connectivity index (χ3n) is 2.76. The third-order valence-corrected chi connectivity index (χ3v) is 2.76. The van der Waals surface area contributed by atoms with Gasteiger partial charge in [0.2, 0.25) is 0 Å². The van der Waals surface area contributed by atoms with Crippen molar-refractivity contribution in [2.45, 2.75) is 6.54 Å². The van der Waals surface area contributed by atoms with Gasteiger partial charge < -0.3 is 5.11 Å². The third kappa shape index (κ3) is 2.38. The lowest BCUT2D eigenvalue weighted by atomic mass is 10.2. The van der Waals surface area contributed by atoms with Gasteiger partial charge in [0.05, 0.1) is 18.8 Å². The number of aromatic nitrogens is 5. The molecule has 0 spiro atoms. The standard InChI is InChI=1S/C13H13N5O/c19-9-8-17-10-14-13(16-17)11-2-4-12(5-3-11)18-7-1-6-15-18/h1-7,10,19H,8-9H2. The Balaban J connectivity index is 1.85. The highest BCUT2D eigenvalue weighted by atomic mass is 16.3. The summed E-state index contributed by atoms with van der Waals surface area (Å²) in [4.78, 5) is 4.22. The zero-order valence-corrected chi connectivity index (χ0v) is 10.2. The summed E-state index contributed by atoms with van der Waals surface area (Å²) in [6, 6.07) is 9.72. The second-order valence-corrected chi connectivity index (χ2v) is 4.05. The van der Waals surface area contributed by atoms with Crippen LogP contribution in [0.5, 0.6) is 0 Å². The van der Waals surface area contributed by atoms with E-state index >= 15 is 0 Å². The SMILES string of the molecule is OCCn1cnc(-c2ccc(-n3cccn3)cc2)n1. The van der Waals surface area contributed by atoms with Gasteiger partial charge >= 0.3 is 0 Å². The van der Waals surface area contributed by atoms with E-state index in [1.54, 1.807) is 21.9 Å². The summed E-state index contributed by atoms with van der Waals surface area (Å²) in [5.74, 6) is 0.653. The van der Waals surface area contributed by atoms with Crippen LogP contribution >= 0.6 is 0 Å². The van der Waals surface area contributed by atoms with Crippen molar-refractivity contribution in [1.29, 1.82) is 0 Å². The Morgan fingerprint density at radius 3 is 2.68 bits per heavy atom. The number of nitrogens with zero attached hydrogens (tertiary/aromatic N) is 5. The molecule has 0 aliphatic carbocycles. The molecule has 0 aliphatic heterocycles. The highest BCUT2D eigenvalue weighted by molar-refractivity contribution is 5.56. The zero-order valence-electron chi connectivity index (χ0n) is 10.2. The molecular weight excluding hydrogens is 242 g/mol. The van der Waals surface area contributed by atoms with Gasteiger partial charge in [0, 0.05) is 18.0 Å². The summed E-state index contributed by atoms with van der Waals surface area (Å²) in [6.45, 7) is 0.513. The molecule has 3 rings (SSSR count). The minimum Gasteiger partial charge on any atom is -0.394 e. The van der Waals surface area contributed by atoms with Crippen LogP contribution < -0.4 is 0 Å². The van der Waals surface area contributed by atoms with Crippen LogP contribution in [0, 0.1) is 0 Å². The van der Waals surface area contributed by atoms with Crippen LogP contribution in [-0.4, -0.2) is 36.3 Å². The Hall–Kier alpha value is -2.47. The second kappa shape index (κ2) is 5.03. The van der Waals surface area contributed by atoms with E-state index in [4.69, 9.17) is 5.11 Å². The summed E-state index contributed by atoms with van der Waals surface area (Å²) < 4.78 is 3.41. The molecule has 1 N–H and O–H groups in total. The van der Waals surface area contributed by atoms with E-state index in [1.807, 2.05) is 36.5 Å². The van der Waals surface area contributed by atoms with Gasteiger partial charge in [-0.1, -0.05) is 0 Å². The van der Waals surface area contributed by atoms with Gasteiger partial charge in [-0.05, 0) is 30.3 Å². The van der Waals surface area contributed by atoms with Gasteiger partial charge in [-0.25, -0.2) is 9.67 Å². The van der Waals surface area contributed by atoms with Crippen molar-refractivity contribution in [3.8, 4) is 17.1 Å². The number of benzene rings is 1. The Morgan fingerprint density at radius 2 is 2.00 bits per heavy atom. The van der Waals surface area contributed by atoms with Crippen LogP contribution in [0.2, 0.25) is 0 Å². The smallest absolute Gasteiger partial charge is 0.181 e. The van der Waals surface area contributed by atoms with Crippen LogP contribution in [0.1, 0.15) is 0 Å². The molecule has 6 nitrogen and oxygen atoms in total. The van der Waals surface area contributed by atoms with Crippen LogP contribution in [-0.2, 0) is 6.54 Å². The highest BCUT2D eigenvalue weighted by Gasteiger charge is 2.04. The molecule has 96 valence electrons. The Labute approximate surface area is 110 Å². The van der Waals surface area contributed by atoms with E-state index in [0.29, 0.717) is 12.4 Å². The largest absolute Gasteiger partial charge is 0.394 e. The summed E-state index contributed by atoms with van der Waals surface area (Å²) in [5.41, 5.74) is 1.93. The summed E-state index contributed by atoms with van der Waals surface area (Å²) in [5, 5.41) is 17.3. The quantitative estimate of drug-likeness (QED) is 0.758. The monoisotopic (exact) mass is 255 g/mol. The molecule has 0 aliphatic rings. The molecule has 0 saturated heterocycles. The average molecular weight is 255 g/mol. The molecule has 2 aromatic heterocycles. The molecule has 0 unspecified atom stereocenters. The van der Waals surface area contributed by atoms with Crippen molar-refractivity contribution in [2.24, 2.45) is 0 Å². The first-order chi connectivity index (χ1) is 9.36. The molecule has 0 radical (unpaired) electrons. The van der Waals surface area contributed by atoms with E-state index in [0.717, 1.165) is 11.3 Å². The molecule has 0 bridgehead atoms. The first-order valence-corrected chi connectivity index (χ1v) is 5.97. The number of rotatable bonds is 4. The van der Waals surface area contributed by atoms with Crippen molar-refractivity contribution < 1.29 is 5.11 Å². The minimum atomic E-state index is 0.0566. The molecule has 19 heavy (non-hydrogen) atoms. The van der Waals surface area contributed by atoms with E-state index in [1.165, 1.54) is 0 Å². The van der Waals surface area contributed by atoms with Crippen LogP contribution in [0.4, 0.5) is 0 Å². The minimum absolute atomic E-state index is 0.0566. The predicted octanol–water partition coefficient (Wildman–Crippen LogP) is 1.12. The van der Waals surface area contributed by atoms with Crippen molar-refractivity contribution in [3.63, 3.8) is 0 Å². The number of aliphatic hydroxyl groups excluding tert-OH is 1. The van der Waals surface area contributed by atoms with Crippen LogP contribution in [0.25, 0.3) is 17.1 Å². The Kier molecular flexibility index (Phi) is 3.07. The van der Waals surface area contributed by atoms with Gasteiger partial charge in [-0.15, -0.1) is 0 Å². The molecule has 0 saturated carbocycles. The van der Waals surface area contributed by atoms with Gasteiger partial charge in [-0.3, -0.25) is 4.68 Å². The van der Waals surface area contributed by atoms with Crippen LogP contribution in [0.15, 0.2) is 49.1 Å². The van der Waals surface area contributed by atoms with Crippen molar-refractivity contribution in [3.05, 3.63) is 49.1 Å². The lowest BCUT2D eigenvalue weighted by Gasteiger charge is -2.01. The predicted molar refractivity (Wildman–Crippen MR) is 69.7 cm³/mol. The fourth-order valence-electron chi connectivity index (χ4n) is 1.82. The Bertz CT molecular complexity index is 642. The molecule has 0 fully saturated rings. The molecule has 0 atom stereocenters. The molecule has 3 aromatic rings. The fraction of sp³-hybridized carbons (Fsp3) is 0.154. The van der Waals surface area contributed by atoms with E-state index in [9.17, 15) is 0 Å². The van der Waals surface area contributed by atoms with E-state index in [-0.39, 0.29) is 6.61 Å². The maximum absolute atomic E-state index is 8.84. The maximum Gasteiger partial charge on any atom is 0.181 e. The summed E-state index contributed by atoms with van der Waals surface area (Å²) in [6.07, 6.45) is 5.25. The number of hydrogen-bond donors (Lipinski definition) is 1. The average Bonchev–Trinajstić information content (AvgIpc) is 3.10. The number of hydrogen-bond acceptors (Lipinski definition) is 4. The summed E-state index contributed by atoms with van der Waals surface area (Å²) in [7, 11) is 0. The molecule has 6 heteroatoms. The normalized spacial score (nSPS) is 10.8. The highest BCUT2D eigenvalue weighted by Crippen LogP contribution is 2.16. The molecule has 0 amide bonds. The van der Waals surface area contributed by atoms with Crippen LogP contribution in [0.3, 0.4) is 0 Å². The first-order valence-electron chi connectivity index (χ1n) is 5.97.